The van der Waals surface area contributed by atoms with E-state index < -0.39 is 0 Å². The number of phenols is 1. The average molecular weight is 179 g/mol. The minimum absolute atomic E-state index is 0.317. The number of H-pyrrole nitrogens is 1. The molecule has 0 fully saturated rings. The molecule has 0 saturated carbocycles. The van der Waals surface area contributed by atoms with E-state index in [0.717, 1.165) is 16.5 Å². The molecule has 1 heterocycles. The van der Waals surface area contributed by atoms with Crippen LogP contribution in [-0.4, -0.2) is 10.1 Å². The van der Waals surface area contributed by atoms with Crippen molar-refractivity contribution in [2.75, 3.05) is 0 Å². The summed E-state index contributed by atoms with van der Waals surface area (Å²) in [7, 11) is 0. The fourth-order valence-electron chi connectivity index (χ4n) is 1.36. The van der Waals surface area contributed by atoms with E-state index in [0.29, 0.717) is 11.5 Å². The quantitative estimate of drug-likeness (QED) is 0.577. The lowest BCUT2D eigenvalue weighted by Crippen LogP contribution is -1.73. The number of hydrogen-bond donors (Lipinski definition) is 3. The first-order chi connectivity index (χ1) is 5.83. The monoisotopic (exact) mass is 179 g/mol. The molecule has 1 aromatic carbocycles. The van der Waals surface area contributed by atoms with E-state index in [1.165, 1.54) is 0 Å². The van der Waals surface area contributed by atoms with Crippen molar-refractivity contribution in [2.45, 2.75) is 5.75 Å². The van der Waals surface area contributed by atoms with Gasteiger partial charge in [-0.1, -0.05) is 6.07 Å². The third-order valence-electron chi connectivity index (χ3n) is 1.94. The molecule has 12 heavy (non-hydrogen) atoms. The van der Waals surface area contributed by atoms with Crippen molar-refractivity contribution >= 4 is 23.5 Å². The summed E-state index contributed by atoms with van der Waals surface area (Å²) in [5.74, 6) is 0.954. The molecule has 2 N–H and O–H groups in total. The second-order valence-electron chi connectivity index (χ2n) is 2.67. The molecule has 0 unspecified atom stereocenters. The molecule has 0 radical (unpaired) electrons. The molecule has 0 aliphatic carbocycles. The van der Waals surface area contributed by atoms with E-state index in [-0.39, 0.29) is 0 Å². The number of benzene rings is 1. The van der Waals surface area contributed by atoms with E-state index in [9.17, 15) is 5.11 Å². The topological polar surface area (TPSA) is 36.0 Å². The maximum absolute atomic E-state index is 9.52. The predicted molar refractivity (Wildman–Crippen MR) is 52.7 cm³/mol. The van der Waals surface area contributed by atoms with Gasteiger partial charge in [0, 0.05) is 22.9 Å². The number of fused-ring (bicyclic) bond motifs is 1. The fourth-order valence-corrected chi connectivity index (χ4v) is 1.61. The van der Waals surface area contributed by atoms with Crippen LogP contribution < -0.4 is 0 Å². The zero-order valence-electron chi connectivity index (χ0n) is 6.41. The Morgan fingerprint density at radius 1 is 1.42 bits per heavy atom. The number of aromatic hydroxyl groups is 1. The molecule has 2 aromatic rings. The highest BCUT2D eigenvalue weighted by Crippen LogP contribution is 2.28. The first-order valence-electron chi connectivity index (χ1n) is 3.71. The maximum Gasteiger partial charge on any atom is 0.125 e. The van der Waals surface area contributed by atoms with Gasteiger partial charge in [-0.25, -0.2) is 0 Å². The van der Waals surface area contributed by atoms with Gasteiger partial charge in [-0.3, -0.25) is 0 Å². The lowest BCUT2D eigenvalue weighted by molar-refractivity contribution is 0.481. The average Bonchev–Trinajstić information content (AvgIpc) is 2.49. The fraction of sp³-hybridized carbons (Fsp3) is 0.111. The summed E-state index contributed by atoms with van der Waals surface area (Å²) in [6.07, 6.45) is 1.87. The van der Waals surface area contributed by atoms with Crippen LogP contribution in [0.4, 0.5) is 0 Å². The summed E-state index contributed by atoms with van der Waals surface area (Å²) in [6, 6.07) is 5.43. The van der Waals surface area contributed by atoms with Crippen molar-refractivity contribution in [3.63, 3.8) is 0 Å². The van der Waals surface area contributed by atoms with Gasteiger partial charge < -0.3 is 10.1 Å². The summed E-state index contributed by atoms with van der Waals surface area (Å²) < 4.78 is 0. The molecule has 2 rings (SSSR count). The highest BCUT2D eigenvalue weighted by molar-refractivity contribution is 7.79. The number of rotatable bonds is 1. The van der Waals surface area contributed by atoms with Crippen molar-refractivity contribution in [3.8, 4) is 5.75 Å². The number of aromatic amines is 1. The van der Waals surface area contributed by atoms with Crippen molar-refractivity contribution in [1.29, 1.82) is 0 Å². The van der Waals surface area contributed by atoms with Gasteiger partial charge >= 0.3 is 0 Å². The molecule has 62 valence electrons. The van der Waals surface area contributed by atoms with Gasteiger partial charge in [0.1, 0.15) is 5.75 Å². The van der Waals surface area contributed by atoms with E-state index in [1.54, 1.807) is 6.07 Å². The third-order valence-corrected chi connectivity index (χ3v) is 2.28. The number of aromatic nitrogens is 1. The van der Waals surface area contributed by atoms with Crippen LogP contribution in [0, 0.1) is 0 Å². The molecule has 0 atom stereocenters. The van der Waals surface area contributed by atoms with Crippen LogP contribution in [0.3, 0.4) is 0 Å². The molecule has 0 spiro atoms. The van der Waals surface area contributed by atoms with Crippen LogP contribution >= 0.6 is 12.6 Å². The number of thiol groups is 1. The van der Waals surface area contributed by atoms with E-state index in [2.05, 4.69) is 17.6 Å². The Balaban J connectivity index is 2.83. The van der Waals surface area contributed by atoms with Gasteiger partial charge in [0.05, 0.1) is 0 Å². The van der Waals surface area contributed by atoms with Gasteiger partial charge in [0.15, 0.2) is 0 Å². The molecule has 0 aliphatic heterocycles. The van der Waals surface area contributed by atoms with Gasteiger partial charge in [-0.15, -0.1) is 0 Å². The highest BCUT2D eigenvalue weighted by Gasteiger charge is 2.05. The Morgan fingerprint density at radius 3 is 3.00 bits per heavy atom. The van der Waals surface area contributed by atoms with Crippen molar-refractivity contribution < 1.29 is 5.11 Å². The number of phenolic OH excluding ortho intramolecular Hbond substituents is 1. The van der Waals surface area contributed by atoms with Crippen LogP contribution in [0.1, 0.15) is 5.56 Å². The molecular formula is C9H9NOS. The van der Waals surface area contributed by atoms with E-state index in [4.69, 9.17) is 0 Å². The van der Waals surface area contributed by atoms with E-state index >= 15 is 0 Å². The van der Waals surface area contributed by atoms with Crippen LogP contribution in [0.5, 0.6) is 5.75 Å². The van der Waals surface area contributed by atoms with Crippen LogP contribution in [-0.2, 0) is 5.75 Å². The molecule has 0 aliphatic rings. The highest BCUT2D eigenvalue weighted by atomic mass is 32.1. The van der Waals surface area contributed by atoms with Gasteiger partial charge in [0.2, 0.25) is 0 Å². The van der Waals surface area contributed by atoms with E-state index in [1.807, 2.05) is 18.3 Å². The molecule has 0 saturated heterocycles. The normalized spacial score (nSPS) is 10.8. The Morgan fingerprint density at radius 2 is 2.25 bits per heavy atom. The summed E-state index contributed by atoms with van der Waals surface area (Å²) in [5.41, 5.74) is 1.99. The minimum Gasteiger partial charge on any atom is -0.507 e. The summed E-state index contributed by atoms with van der Waals surface area (Å²) in [5, 5.41) is 10.4. The molecule has 3 heteroatoms. The Labute approximate surface area is 75.6 Å². The summed E-state index contributed by atoms with van der Waals surface area (Å²) >= 11 is 4.17. The summed E-state index contributed by atoms with van der Waals surface area (Å²) in [4.78, 5) is 3.07. The molecule has 0 amide bonds. The van der Waals surface area contributed by atoms with Crippen LogP contribution in [0.2, 0.25) is 0 Å². The van der Waals surface area contributed by atoms with Crippen LogP contribution in [0.25, 0.3) is 10.9 Å². The van der Waals surface area contributed by atoms with Gasteiger partial charge in [-0.2, -0.15) is 12.6 Å². The summed E-state index contributed by atoms with van der Waals surface area (Å²) in [6.45, 7) is 0. The second kappa shape index (κ2) is 2.75. The van der Waals surface area contributed by atoms with Crippen LogP contribution in [0.15, 0.2) is 24.4 Å². The number of nitrogens with one attached hydrogen (secondary N) is 1. The molecule has 2 nitrogen and oxygen atoms in total. The van der Waals surface area contributed by atoms with Crippen molar-refractivity contribution in [2.24, 2.45) is 0 Å². The smallest absolute Gasteiger partial charge is 0.125 e. The maximum atomic E-state index is 9.52. The largest absolute Gasteiger partial charge is 0.507 e. The van der Waals surface area contributed by atoms with Crippen molar-refractivity contribution in [1.82, 2.24) is 4.98 Å². The minimum atomic E-state index is 0.317. The zero-order chi connectivity index (χ0) is 8.55. The lowest BCUT2D eigenvalue weighted by Gasteiger charge is -1.96. The van der Waals surface area contributed by atoms with Gasteiger partial charge in [-0.05, 0) is 17.7 Å². The molecule has 0 bridgehead atoms. The number of hydrogen-bond acceptors (Lipinski definition) is 2. The molecular weight excluding hydrogens is 170 g/mol. The lowest BCUT2D eigenvalue weighted by atomic mass is 10.2. The molecule has 1 aromatic heterocycles. The van der Waals surface area contributed by atoms with Crippen molar-refractivity contribution in [3.05, 3.63) is 30.0 Å². The standard InChI is InChI=1S/C9H9NOS/c11-8-3-1-2-7-9(8)6(5-12)4-10-7/h1-4,10-12H,5H2. The zero-order valence-corrected chi connectivity index (χ0v) is 7.31. The van der Waals surface area contributed by atoms with Gasteiger partial charge in [0.25, 0.3) is 0 Å². The predicted octanol–water partition coefficient (Wildman–Crippen LogP) is 2.30. The Kier molecular flexibility index (Phi) is 1.73. The first-order valence-corrected chi connectivity index (χ1v) is 4.35. The Bertz CT molecular complexity index is 408. The Hall–Kier alpha value is -1.09. The first kappa shape index (κ1) is 7.55. The second-order valence-corrected chi connectivity index (χ2v) is 2.99. The SMILES string of the molecule is Oc1cccc2[nH]cc(CS)c12. The third kappa shape index (κ3) is 0.975.